The number of halogens is 4. The highest BCUT2D eigenvalue weighted by molar-refractivity contribution is 6.30. The average Bonchev–Trinajstić information content (AvgIpc) is 2.28. The lowest BCUT2D eigenvalue weighted by Crippen LogP contribution is -2.17. The van der Waals surface area contributed by atoms with E-state index in [0.29, 0.717) is 5.02 Å². The van der Waals surface area contributed by atoms with Crippen LogP contribution in [0.5, 0.6) is 5.75 Å². The number of rotatable bonds is 2. The molecule has 0 saturated heterocycles. The van der Waals surface area contributed by atoms with Crippen LogP contribution in [0.2, 0.25) is 5.02 Å². The number of nitrogens with two attached hydrogens (primary N) is 1. The maximum atomic E-state index is 12.3. The molecule has 0 atom stereocenters. The summed E-state index contributed by atoms with van der Waals surface area (Å²) in [5, 5.41) is 0.301. The second kappa shape index (κ2) is 4.97. The molecule has 0 spiro atoms. The Labute approximate surface area is 111 Å². The lowest BCUT2D eigenvalue weighted by Gasteiger charge is -2.13. The van der Waals surface area contributed by atoms with Crippen LogP contribution in [0.4, 0.5) is 18.9 Å². The van der Waals surface area contributed by atoms with E-state index in [1.54, 1.807) is 6.07 Å². The second-order valence-corrected chi connectivity index (χ2v) is 4.07. The fraction of sp³-hybridized carbons (Fsp3) is 0.0833. The Balaban J connectivity index is 2.50. The van der Waals surface area contributed by atoms with E-state index >= 15 is 0 Å². The Kier molecular flexibility index (Phi) is 3.53. The summed E-state index contributed by atoms with van der Waals surface area (Å²) < 4.78 is 40.9. The number of aromatic nitrogens is 1. The van der Waals surface area contributed by atoms with Gasteiger partial charge in [0.05, 0.1) is 16.4 Å². The normalized spacial score (nSPS) is 11.4. The minimum absolute atomic E-state index is 0.147. The summed E-state index contributed by atoms with van der Waals surface area (Å²) in [4.78, 5) is 3.93. The topological polar surface area (TPSA) is 48.1 Å². The Morgan fingerprint density at radius 1 is 1.21 bits per heavy atom. The van der Waals surface area contributed by atoms with E-state index in [1.807, 2.05) is 0 Å². The largest absolute Gasteiger partial charge is 0.573 e. The predicted molar refractivity (Wildman–Crippen MR) is 65.8 cm³/mol. The molecular formula is C12H8ClF3N2O. The van der Waals surface area contributed by atoms with Gasteiger partial charge in [0, 0.05) is 11.8 Å². The number of nitrogen functional groups attached to an aromatic ring is 1. The van der Waals surface area contributed by atoms with E-state index in [4.69, 9.17) is 17.3 Å². The zero-order valence-electron chi connectivity index (χ0n) is 9.41. The maximum absolute atomic E-state index is 12.3. The summed E-state index contributed by atoms with van der Waals surface area (Å²) in [5.41, 5.74) is 6.21. The molecule has 1 aromatic heterocycles. The molecule has 0 bridgehead atoms. The number of hydrogen-bond donors (Lipinski definition) is 1. The molecule has 1 heterocycles. The van der Waals surface area contributed by atoms with Crippen molar-refractivity contribution in [3.8, 4) is 17.0 Å². The predicted octanol–water partition coefficient (Wildman–Crippen LogP) is 3.88. The highest BCUT2D eigenvalue weighted by Gasteiger charge is 2.32. The van der Waals surface area contributed by atoms with Gasteiger partial charge in [0.25, 0.3) is 0 Å². The lowest BCUT2D eigenvalue weighted by molar-refractivity contribution is -0.274. The zero-order chi connectivity index (χ0) is 14.0. The standard InChI is InChI=1S/C12H8ClF3N2O/c13-7-5-9(17)11(18-6-7)8-3-1-2-4-10(8)19-12(14,15)16/h1-6H,17H2. The first kappa shape index (κ1) is 13.5. The molecule has 19 heavy (non-hydrogen) atoms. The van der Waals surface area contributed by atoms with Gasteiger partial charge in [-0.25, -0.2) is 0 Å². The first-order valence-electron chi connectivity index (χ1n) is 5.13. The molecule has 0 aliphatic carbocycles. The van der Waals surface area contributed by atoms with Gasteiger partial charge in [-0.15, -0.1) is 13.2 Å². The van der Waals surface area contributed by atoms with Gasteiger partial charge in [-0.3, -0.25) is 4.98 Å². The fourth-order valence-electron chi connectivity index (χ4n) is 1.56. The second-order valence-electron chi connectivity index (χ2n) is 3.64. The van der Waals surface area contributed by atoms with Crippen molar-refractivity contribution in [3.05, 3.63) is 41.6 Å². The van der Waals surface area contributed by atoms with Crippen molar-refractivity contribution in [1.82, 2.24) is 4.98 Å². The van der Waals surface area contributed by atoms with E-state index < -0.39 is 6.36 Å². The summed E-state index contributed by atoms with van der Waals surface area (Å²) in [6.07, 6.45) is -3.48. The van der Waals surface area contributed by atoms with E-state index in [9.17, 15) is 13.2 Å². The summed E-state index contributed by atoms with van der Waals surface area (Å²) >= 11 is 5.70. The van der Waals surface area contributed by atoms with Crippen molar-refractivity contribution in [2.24, 2.45) is 0 Å². The van der Waals surface area contributed by atoms with Gasteiger partial charge >= 0.3 is 6.36 Å². The molecule has 2 aromatic rings. The molecule has 7 heteroatoms. The monoisotopic (exact) mass is 288 g/mol. The number of pyridine rings is 1. The molecule has 3 nitrogen and oxygen atoms in total. The molecule has 2 rings (SSSR count). The minimum Gasteiger partial charge on any atom is -0.405 e. The highest BCUT2D eigenvalue weighted by atomic mass is 35.5. The molecule has 0 aliphatic rings. The van der Waals surface area contributed by atoms with Gasteiger partial charge in [-0.2, -0.15) is 0 Å². The van der Waals surface area contributed by atoms with Crippen molar-refractivity contribution in [2.75, 3.05) is 5.73 Å². The van der Waals surface area contributed by atoms with Crippen LogP contribution in [-0.2, 0) is 0 Å². The summed E-state index contributed by atoms with van der Waals surface area (Å²) in [6.45, 7) is 0. The first-order chi connectivity index (χ1) is 8.87. The van der Waals surface area contributed by atoms with Crippen molar-refractivity contribution in [1.29, 1.82) is 0 Å². The van der Waals surface area contributed by atoms with Crippen molar-refractivity contribution >= 4 is 17.3 Å². The van der Waals surface area contributed by atoms with Crippen LogP contribution in [-0.4, -0.2) is 11.3 Å². The van der Waals surface area contributed by atoms with Crippen LogP contribution >= 0.6 is 11.6 Å². The quantitative estimate of drug-likeness (QED) is 0.912. The third kappa shape index (κ3) is 3.29. The SMILES string of the molecule is Nc1cc(Cl)cnc1-c1ccccc1OC(F)(F)F. The van der Waals surface area contributed by atoms with Crippen LogP contribution in [0.25, 0.3) is 11.3 Å². The molecule has 0 unspecified atom stereocenters. The number of ether oxygens (including phenoxy) is 1. The Morgan fingerprint density at radius 2 is 1.89 bits per heavy atom. The minimum atomic E-state index is -4.78. The van der Waals surface area contributed by atoms with Crippen molar-refractivity contribution in [2.45, 2.75) is 6.36 Å². The number of nitrogens with zero attached hydrogens (tertiary/aromatic N) is 1. The third-order valence-corrected chi connectivity index (χ3v) is 2.46. The highest BCUT2D eigenvalue weighted by Crippen LogP contribution is 2.35. The number of para-hydroxylation sites is 1. The van der Waals surface area contributed by atoms with Crippen LogP contribution in [0, 0.1) is 0 Å². The number of alkyl halides is 3. The molecular weight excluding hydrogens is 281 g/mol. The summed E-state index contributed by atoms with van der Waals surface area (Å²) in [6, 6.07) is 7.03. The van der Waals surface area contributed by atoms with Crippen LogP contribution < -0.4 is 10.5 Å². The van der Waals surface area contributed by atoms with Crippen LogP contribution in [0.15, 0.2) is 36.5 Å². The lowest BCUT2D eigenvalue weighted by atomic mass is 10.1. The molecule has 0 amide bonds. The molecule has 0 saturated carbocycles. The Bertz CT molecular complexity index is 602. The van der Waals surface area contributed by atoms with Gasteiger partial charge < -0.3 is 10.5 Å². The Hall–Kier alpha value is -1.95. The third-order valence-electron chi connectivity index (χ3n) is 2.25. The summed E-state index contributed by atoms with van der Waals surface area (Å²) in [5.74, 6) is -0.364. The molecule has 0 aliphatic heterocycles. The maximum Gasteiger partial charge on any atom is 0.573 e. The van der Waals surface area contributed by atoms with E-state index in [-0.39, 0.29) is 22.7 Å². The zero-order valence-corrected chi connectivity index (χ0v) is 10.2. The van der Waals surface area contributed by atoms with Crippen LogP contribution in [0.1, 0.15) is 0 Å². The molecule has 0 radical (unpaired) electrons. The van der Waals surface area contributed by atoms with Gasteiger partial charge in [-0.05, 0) is 18.2 Å². The molecule has 0 fully saturated rings. The van der Waals surface area contributed by atoms with Gasteiger partial charge in [-0.1, -0.05) is 23.7 Å². The smallest absolute Gasteiger partial charge is 0.405 e. The number of benzene rings is 1. The Morgan fingerprint density at radius 3 is 2.53 bits per heavy atom. The van der Waals surface area contributed by atoms with Crippen LogP contribution in [0.3, 0.4) is 0 Å². The number of hydrogen-bond acceptors (Lipinski definition) is 3. The van der Waals surface area contributed by atoms with E-state index in [0.717, 1.165) is 0 Å². The van der Waals surface area contributed by atoms with Gasteiger partial charge in [0.2, 0.25) is 0 Å². The van der Waals surface area contributed by atoms with E-state index in [1.165, 1.54) is 30.5 Å². The number of anilines is 1. The molecule has 2 N–H and O–H groups in total. The summed E-state index contributed by atoms with van der Waals surface area (Å²) in [7, 11) is 0. The van der Waals surface area contributed by atoms with Crippen molar-refractivity contribution in [3.63, 3.8) is 0 Å². The average molecular weight is 289 g/mol. The van der Waals surface area contributed by atoms with Crippen molar-refractivity contribution < 1.29 is 17.9 Å². The fourth-order valence-corrected chi connectivity index (χ4v) is 1.72. The first-order valence-corrected chi connectivity index (χ1v) is 5.51. The van der Waals surface area contributed by atoms with Gasteiger partial charge in [0.1, 0.15) is 5.75 Å². The molecule has 1 aromatic carbocycles. The van der Waals surface area contributed by atoms with Gasteiger partial charge in [0.15, 0.2) is 0 Å². The molecule has 100 valence electrons. The van der Waals surface area contributed by atoms with E-state index in [2.05, 4.69) is 9.72 Å².